The number of rotatable bonds is 5. The Morgan fingerprint density at radius 1 is 1.32 bits per heavy atom. The van der Waals surface area contributed by atoms with Crippen LogP contribution in [0, 0.1) is 5.92 Å². The second kappa shape index (κ2) is 7.02. The molecule has 0 radical (unpaired) electrons. The Hall–Kier alpha value is -1.71. The van der Waals surface area contributed by atoms with Gasteiger partial charge in [0, 0.05) is 25.1 Å². The lowest BCUT2D eigenvalue weighted by atomic mass is 9.88. The topological polar surface area (TPSA) is 50.3 Å². The van der Waals surface area contributed by atoms with Gasteiger partial charge in [-0.25, -0.2) is 4.98 Å². The second-order valence-corrected chi connectivity index (χ2v) is 4.97. The van der Waals surface area contributed by atoms with Crippen molar-refractivity contribution in [2.75, 3.05) is 11.4 Å². The van der Waals surface area contributed by atoms with E-state index in [-0.39, 0.29) is 11.8 Å². The summed E-state index contributed by atoms with van der Waals surface area (Å²) >= 11 is 0. The third kappa shape index (κ3) is 3.63. The monoisotopic (exact) mass is 260 g/mol. The second-order valence-electron chi connectivity index (χ2n) is 4.97. The van der Waals surface area contributed by atoms with E-state index in [1.165, 1.54) is 6.42 Å². The molecule has 1 fully saturated rings. The molecule has 0 bridgehead atoms. The highest BCUT2D eigenvalue weighted by Gasteiger charge is 2.27. The fourth-order valence-electron chi connectivity index (χ4n) is 2.60. The van der Waals surface area contributed by atoms with Crippen LogP contribution in [-0.2, 0) is 9.59 Å². The van der Waals surface area contributed by atoms with Crippen molar-refractivity contribution >= 4 is 18.0 Å². The summed E-state index contributed by atoms with van der Waals surface area (Å²) in [6.07, 6.45) is 8.28. The number of pyridine rings is 1. The molecule has 1 aromatic heterocycles. The van der Waals surface area contributed by atoms with Gasteiger partial charge in [-0.15, -0.1) is 0 Å². The van der Waals surface area contributed by atoms with E-state index in [0.29, 0.717) is 18.8 Å². The molecule has 1 amide bonds. The first-order valence-corrected chi connectivity index (χ1v) is 6.99. The van der Waals surface area contributed by atoms with Crippen LogP contribution >= 0.6 is 0 Å². The highest BCUT2D eigenvalue weighted by molar-refractivity contribution is 5.94. The van der Waals surface area contributed by atoms with Crippen molar-refractivity contribution in [3.63, 3.8) is 0 Å². The van der Waals surface area contributed by atoms with Gasteiger partial charge in [0.05, 0.1) is 0 Å². The number of amides is 1. The molecule has 2 rings (SSSR count). The molecule has 1 aromatic rings. The molecule has 1 aliphatic rings. The zero-order valence-electron chi connectivity index (χ0n) is 11.1. The molecule has 0 atom stereocenters. The van der Waals surface area contributed by atoms with E-state index >= 15 is 0 Å². The van der Waals surface area contributed by atoms with E-state index in [2.05, 4.69) is 4.98 Å². The van der Waals surface area contributed by atoms with Crippen molar-refractivity contribution in [1.29, 1.82) is 0 Å². The zero-order valence-corrected chi connectivity index (χ0v) is 11.1. The van der Waals surface area contributed by atoms with E-state index in [4.69, 9.17) is 0 Å². The van der Waals surface area contributed by atoms with Crippen LogP contribution in [-0.4, -0.2) is 23.7 Å². The van der Waals surface area contributed by atoms with Gasteiger partial charge in [-0.1, -0.05) is 25.3 Å². The molecule has 19 heavy (non-hydrogen) atoms. The van der Waals surface area contributed by atoms with Crippen LogP contribution in [0.3, 0.4) is 0 Å². The van der Waals surface area contributed by atoms with Crippen LogP contribution in [0.1, 0.15) is 38.5 Å². The van der Waals surface area contributed by atoms with Crippen LogP contribution in [0.15, 0.2) is 24.4 Å². The molecule has 102 valence electrons. The molecule has 0 N–H and O–H groups in total. The highest BCUT2D eigenvalue weighted by atomic mass is 16.2. The lowest BCUT2D eigenvalue weighted by molar-refractivity contribution is -0.123. The largest absolute Gasteiger partial charge is 0.303 e. The van der Waals surface area contributed by atoms with Gasteiger partial charge < -0.3 is 4.79 Å². The number of hydrogen-bond acceptors (Lipinski definition) is 3. The van der Waals surface area contributed by atoms with Crippen molar-refractivity contribution in [2.24, 2.45) is 5.92 Å². The number of hydrogen-bond donors (Lipinski definition) is 0. The smallest absolute Gasteiger partial charge is 0.231 e. The number of anilines is 1. The number of carbonyl (C=O) groups excluding carboxylic acids is 2. The van der Waals surface area contributed by atoms with Gasteiger partial charge in [-0.05, 0) is 25.0 Å². The predicted octanol–water partition coefficient (Wildman–Crippen LogP) is 2.58. The Bertz CT molecular complexity index is 413. The average Bonchev–Trinajstić information content (AvgIpc) is 2.49. The molecule has 1 saturated carbocycles. The van der Waals surface area contributed by atoms with E-state index in [9.17, 15) is 9.59 Å². The number of carbonyl (C=O) groups is 2. The first-order chi connectivity index (χ1) is 9.33. The molecular formula is C15H20N2O2. The van der Waals surface area contributed by atoms with E-state index in [1.807, 2.05) is 18.2 Å². The Morgan fingerprint density at radius 3 is 2.74 bits per heavy atom. The molecular weight excluding hydrogens is 240 g/mol. The van der Waals surface area contributed by atoms with Crippen molar-refractivity contribution in [1.82, 2.24) is 4.98 Å². The SMILES string of the molecule is O=CCCN(C(=O)C1CCCCC1)c1ccccn1. The first kappa shape index (κ1) is 13.7. The summed E-state index contributed by atoms with van der Waals surface area (Å²) in [5.41, 5.74) is 0. The molecule has 0 unspecified atom stereocenters. The fourth-order valence-corrected chi connectivity index (χ4v) is 2.60. The third-order valence-electron chi connectivity index (χ3n) is 3.62. The molecule has 0 aromatic carbocycles. The summed E-state index contributed by atoms with van der Waals surface area (Å²) in [6.45, 7) is 0.426. The fraction of sp³-hybridized carbons (Fsp3) is 0.533. The third-order valence-corrected chi connectivity index (χ3v) is 3.62. The van der Waals surface area contributed by atoms with Gasteiger partial charge in [0.2, 0.25) is 5.91 Å². The molecule has 0 aliphatic heterocycles. The normalized spacial score (nSPS) is 16.0. The van der Waals surface area contributed by atoms with Crippen molar-refractivity contribution in [2.45, 2.75) is 38.5 Å². The summed E-state index contributed by atoms with van der Waals surface area (Å²) in [6, 6.07) is 5.52. The molecule has 4 nitrogen and oxygen atoms in total. The van der Waals surface area contributed by atoms with Crippen LogP contribution in [0.25, 0.3) is 0 Å². The van der Waals surface area contributed by atoms with Gasteiger partial charge in [-0.3, -0.25) is 9.69 Å². The Morgan fingerprint density at radius 2 is 2.11 bits per heavy atom. The van der Waals surface area contributed by atoms with Crippen LogP contribution in [0.5, 0.6) is 0 Å². The summed E-state index contributed by atoms with van der Waals surface area (Å²) in [5.74, 6) is 0.877. The van der Waals surface area contributed by atoms with Crippen molar-refractivity contribution in [3.05, 3.63) is 24.4 Å². The van der Waals surface area contributed by atoms with E-state index in [1.54, 1.807) is 11.1 Å². The van der Waals surface area contributed by atoms with Crippen molar-refractivity contribution < 1.29 is 9.59 Å². The summed E-state index contributed by atoms with van der Waals surface area (Å²) in [5, 5.41) is 0. The van der Waals surface area contributed by atoms with Crippen LogP contribution in [0.4, 0.5) is 5.82 Å². The lowest BCUT2D eigenvalue weighted by Gasteiger charge is -2.28. The zero-order chi connectivity index (χ0) is 13.5. The molecule has 0 saturated heterocycles. The molecule has 1 aliphatic carbocycles. The summed E-state index contributed by atoms with van der Waals surface area (Å²) < 4.78 is 0. The Labute approximate surface area is 113 Å². The lowest BCUT2D eigenvalue weighted by Crippen LogP contribution is -2.38. The van der Waals surface area contributed by atoms with Gasteiger partial charge in [0.15, 0.2) is 0 Å². The van der Waals surface area contributed by atoms with Gasteiger partial charge >= 0.3 is 0 Å². The quantitative estimate of drug-likeness (QED) is 0.765. The summed E-state index contributed by atoms with van der Waals surface area (Å²) in [7, 11) is 0. The average molecular weight is 260 g/mol. The molecule has 4 heteroatoms. The van der Waals surface area contributed by atoms with Crippen LogP contribution in [0.2, 0.25) is 0 Å². The molecule has 0 spiro atoms. The van der Waals surface area contributed by atoms with E-state index < -0.39 is 0 Å². The van der Waals surface area contributed by atoms with Gasteiger partial charge in [0.25, 0.3) is 0 Å². The van der Waals surface area contributed by atoms with E-state index in [0.717, 1.165) is 32.0 Å². The number of nitrogens with zero attached hydrogens (tertiary/aromatic N) is 2. The first-order valence-electron chi connectivity index (χ1n) is 6.99. The maximum Gasteiger partial charge on any atom is 0.231 e. The maximum absolute atomic E-state index is 12.6. The minimum atomic E-state index is 0.0995. The van der Waals surface area contributed by atoms with Crippen molar-refractivity contribution in [3.8, 4) is 0 Å². The minimum absolute atomic E-state index is 0.0995. The predicted molar refractivity (Wildman–Crippen MR) is 73.8 cm³/mol. The van der Waals surface area contributed by atoms with Gasteiger partial charge in [-0.2, -0.15) is 0 Å². The number of aromatic nitrogens is 1. The standard InChI is InChI=1S/C15H20N2O2/c18-12-6-11-17(14-9-4-5-10-16-14)15(19)13-7-2-1-3-8-13/h4-5,9-10,12-13H,1-3,6-8,11H2. The minimum Gasteiger partial charge on any atom is -0.303 e. The highest BCUT2D eigenvalue weighted by Crippen LogP contribution is 2.27. The van der Waals surface area contributed by atoms with Gasteiger partial charge in [0.1, 0.15) is 12.1 Å². The maximum atomic E-state index is 12.6. The Balaban J connectivity index is 2.12. The summed E-state index contributed by atoms with van der Waals surface area (Å²) in [4.78, 5) is 29.1. The Kier molecular flexibility index (Phi) is 5.07. The number of aldehydes is 1. The van der Waals surface area contributed by atoms with Crippen LogP contribution < -0.4 is 4.90 Å². The molecule has 1 heterocycles.